The van der Waals surface area contributed by atoms with Gasteiger partial charge >= 0.3 is 12.4 Å². The molecule has 0 bridgehead atoms. The van der Waals surface area contributed by atoms with E-state index in [-0.39, 0.29) is 18.6 Å². The summed E-state index contributed by atoms with van der Waals surface area (Å²) in [5, 5.41) is 0. The number of ketones is 1. The van der Waals surface area contributed by atoms with Crippen LogP contribution in [0.4, 0.5) is 26.3 Å². The third-order valence-electron chi connectivity index (χ3n) is 4.96. The van der Waals surface area contributed by atoms with Gasteiger partial charge in [0.1, 0.15) is 0 Å². The fraction of sp³-hybridized carbons (Fsp3) is 0.208. The molecule has 0 N–H and O–H groups in total. The number of benzene rings is 3. The van der Waals surface area contributed by atoms with Crippen LogP contribution in [0.3, 0.4) is 0 Å². The normalized spacial score (nSPS) is 12.2. The first-order valence-electron chi connectivity index (χ1n) is 9.45. The Hall–Kier alpha value is -3.09. The topological polar surface area (TPSA) is 17.1 Å². The van der Waals surface area contributed by atoms with Gasteiger partial charge in [0.05, 0.1) is 11.1 Å². The number of alkyl halides is 6. The lowest BCUT2D eigenvalue weighted by Gasteiger charge is -2.17. The zero-order valence-corrected chi connectivity index (χ0v) is 16.2. The number of hydrogen-bond donors (Lipinski definition) is 0. The van der Waals surface area contributed by atoms with Crippen molar-refractivity contribution in [1.82, 2.24) is 0 Å². The molecule has 0 spiro atoms. The van der Waals surface area contributed by atoms with Crippen LogP contribution in [-0.4, -0.2) is 5.78 Å². The molecule has 1 nitrogen and oxygen atoms in total. The van der Waals surface area contributed by atoms with Crippen LogP contribution in [-0.2, 0) is 25.2 Å². The first kappa shape index (κ1) is 22.6. The monoisotopic (exact) mass is 436 g/mol. The predicted octanol–water partition coefficient (Wildman–Crippen LogP) is 7.01. The van der Waals surface area contributed by atoms with Gasteiger partial charge in [-0.25, -0.2) is 0 Å². The molecular weight excluding hydrogens is 418 g/mol. The van der Waals surface area contributed by atoms with Crippen LogP contribution < -0.4 is 0 Å². The third kappa shape index (κ3) is 5.96. The van der Waals surface area contributed by atoms with Gasteiger partial charge in [0.2, 0.25) is 0 Å². The van der Waals surface area contributed by atoms with Gasteiger partial charge < -0.3 is 0 Å². The Labute approximate surface area is 175 Å². The summed E-state index contributed by atoms with van der Waals surface area (Å²) in [4.78, 5) is 13.0. The summed E-state index contributed by atoms with van der Waals surface area (Å²) >= 11 is 0. The van der Waals surface area contributed by atoms with Crippen molar-refractivity contribution in [1.29, 1.82) is 0 Å². The van der Waals surface area contributed by atoms with E-state index in [1.807, 2.05) is 0 Å². The van der Waals surface area contributed by atoms with Crippen LogP contribution >= 0.6 is 0 Å². The van der Waals surface area contributed by atoms with Gasteiger partial charge in [-0.15, -0.1) is 0 Å². The smallest absolute Gasteiger partial charge is 0.294 e. The molecular formula is C24H18F6O. The highest BCUT2D eigenvalue weighted by atomic mass is 19.4. The van der Waals surface area contributed by atoms with Crippen LogP contribution in [0.5, 0.6) is 0 Å². The van der Waals surface area contributed by atoms with Gasteiger partial charge in [-0.3, -0.25) is 4.79 Å². The molecule has 0 aliphatic heterocycles. The highest BCUT2D eigenvalue weighted by Crippen LogP contribution is 2.31. The zero-order valence-electron chi connectivity index (χ0n) is 16.2. The molecule has 3 aromatic carbocycles. The Morgan fingerprint density at radius 3 is 1.35 bits per heavy atom. The standard InChI is InChI=1S/C24H18F6O/c25-23(26,27)20-10-6-16(7-11-20)14-19(22(31)18-4-2-1-3-5-18)15-17-8-12-21(13-9-17)24(28,29)30/h1-13,19H,14-15H2. The second-order valence-electron chi connectivity index (χ2n) is 7.22. The molecule has 162 valence electrons. The maximum Gasteiger partial charge on any atom is 0.416 e. The minimum absolute atomic E-state index is 0.160. The highest BCUT2D eigenvalue weighted by Gasteiger charge is 2.31. The van der Waals surface area contributed by atoms with Gasteiger partial charge in [0.25, 0.3) is 0 Å². The van der Waals surface area contributed by atoms with E-state index in [1.165, 1.54) is 24.3 Å². The molecule has 0 saturated carbocycles. The Bertz CT molecular complexity index is 944. The summed E-state index contributed by atoms with van der Waals surface area (Å²) in [6.45, 7) is 0. The number of hydrogen-bond acceptors (Lipinski definition) is 1. The van der Waals surface area contributed by atoms with Gasteiger partial charge in [-0.2, -0.15) is 26.3 Å². The van der Waals surface area contributed by atoms with Gasteiger partial charge in [-0.1, -0.05) is 54.6 Å². The van der Waals surface area contributed by atoms with Crippen LogP contribution in [0.15, 0.2) is 78.9 Å². The molecule has 0 radical (unpaired) electrons. The summed E-state index contributed by atoms with van der Waals surface area (Å²) in [7, 11) is 0. The average Bonchev–Trinajstić information content (AvgIpc) is 2.73. The Balaban J connectivity index is 1.85. The molecule has 0 atom stereocenters. The van der Waals surface area contributed by atoms with Crippen LogP contribution in [0, 0.1) is 5.92 Å². The fourth-order valence-corrected chi connectivity index (χ4v) is 3.32. The quantitative estimate of drug-likeness (QED) is 0.300. The largest absolute Gasteiger partial charge is 0.416 e. The van der Waals surface area contributed by atoms with E-state index < -0.39 is 29.4 Å². The van der Waals surface area contributed by atoms with E-state index in [4.69, 9.17) is 0 Å². The van der Waals surface area contributed by atoms with Crippen molar-refractivity contribution in [3.63, 3.8) is 0 Å². The molecule has 31 heavy (non-hydrogen) atoms. The summed E-state index contributed by atoms with van der Waals surface area (Å²) in [6, 6.07) is 17.5. The second-order valence-corrected chi connectivity index (χ2v) is 7.22. The highest BCUT2D eigenvalue weighted by molar-refractivity contribution is 5.98. The number of Topliss-reactive ketones (excluding diaryl/α,β-unsaturated/α-hetero) is 1. The van der Waals surface area contributed by atoms with Gasteiger partial charge in [-0.05, 0) is 48.2 Å². The second kappa shape index (κ2) is 8.96. The van der Waals surface area contributed by atoms with Crippen molar-refractivity contribution in [2.45, 2.75) is 25.2 Å². The summed E-state index contributed by atoms with van der Waals surface area (Å²) in [5.74, 6) is -0.865. The van der Waals surface area contributed by atoms with Crippen LogP contribution in [0.2, 0.25) is 0 Å². The predicted molar refractivity (Wildman–Crippen MR) is 105 cm³/mol. The minimum atomic E-state index is -4.46. The first-order chi connectivity index (χ1) is 14.5. The maximum absolute atomic E-state index is 13.0. The molecule has 0 aliphatic rings. The number of carbonyl (C=O) groups excluding carboxylic acids is 1. The van der Waals surface area contributed by atoms with E-state index in [0.717, 1.165) is 24.3 Å². The SMILES string of the molecule is O=C(c1ccccc1)C(Cc1ccc(C(F)(F)F)cc1)Cc1ccc(C(F)(F)F)cc1. The number of carbonyl (C=O) groups is 1. The Kier molecular flexibility index (Phi) is 6.53. The molecule has 0 saturated heterocycles. The van der Waals surface area contributed by atoms with Crippen molar-refractivity contribution >= 4 is 5.78 Å². The van der Waals surface area contributed by atoms with Gasteiger partial charge in [0, 0.05) is 11.5 Å². The zero-order chi connectivity index (χ0) is 22.6. The molecule has 0 unspecified atom stereocenters. The molecule has 7 heteroatoms. The Morgan fingerprint density at radius 1 is 0.613 bits per heavy atom. The maximum atomic E-state index is 13.0. The summed E-state index contributed by atoms with van der Waals surface area (Å²) < 4.78 is 76.8. The van der Waals surface area contributed by atoms with Crippen molar-refractivity contribution in [3.05, 3.63) is 107 Å². The number of halogens is 6. The minimum Gasteiger partial charge on any atom is -0.294 e. The number of rotatable bonds is 6. The van der Waals surface area contributed by atoms with Crippen molar-refractivity contribution in [2.24, 2.45) is 5.92 Å². The fourth-order valence-electron chi connectivity index (χ4n) is 3.32. The molecule has 0 aromatic heterocycles. The lowest BCUT2D eigenvalue weighted by Crippen LogP contribution is -2.20. The molecule has 0 amide bonds. The lowest BCUT2D eigenvalue weighted by atomic mass is 9.86. The van der Waals surface area contributed by atoms with Crippen LogP contribution in [0.1, 0.15) is 32.6 Å². The lowest BCUT2D eigenvalue weighted by molar-refractivity contribution is -0.138. The van der Waals surface area contributed by atoms with E-state index >= 15 is 0 Å². The average molecular weight is 436 g/mol. The summed E-state index contributed by atoms with van der Waals surface area (Å²) in [6.07, 6.45) is -8.60. The molecule has 0 aliphatic carbocycles. The van der Waals surface area contributed by atoms with Crippen LogP contribution in [0.25, 0.3) is 0 Å². The van der Waals surface area contributed by atoms with Crippen molar-refractivity contribution < 1.29 is 31.1 Å². The van der Waals surface area contributed by atoms with E-state index in [9.17, 15) is 31.1 Å². The Morgan fingerprint density at radius 2 is 1.00 bits per heavy atom. The van der Waals surface area contributed by atoms with E-state index in [2.05, 4.69) is 0 Å². The van der Waals surface area contributed by atoms with E-state index in [0.29, 0.717) is 16.7 Å². The molecule has 3 aromatic rings. The van der Waals surface area contributed by atoms with Crippen molar-refractivity contribution in [2.75, 3.05) is 0 Å². The molecule has 3 rings (SSSR count). The summed E-state index contributed by atoms with van der Waals surface area (Å²) in [5.41, 5.74) is -0.0652. The molecule has 0 heterocycles. The molecule has 0 fully saturated rings. The van der Waals surface area contributed by atoms with Gasteiger partial charge in [0.15, 0.2) is 5.78 Å². The third-order valence-corrected chi connectivity index (χ3v) is 4.96. The van der Waals surface area contributed by atoms with E-state index in [1.54, 1.807) is 30.3 Å². The first-order valence-corrected chi connectivity index (χ1v) is 9.45. The van der Waals surface area contributed by atoms with Crippen molar-refractivity contribution in [3.8, 4) is 0 Å².